The molecule has 4 N–H and O–H groups in total. The Morgan fingerprint density at radius 3 is 2.23 bits per heavy atom. The lowest BCUT2D eigenvalue weighted by atomic mass is 10.0. The minimum absolute atomic E-state index is 0.0172. The summed E-state index contributed by atoms with van der Waals surface area (Å²) >= 11 is 0. The van der Waals surface area contributed by atoms with Crippen LogP contribution in [0.15, 0.2) is 35.5 Å². The molecule has 4 amide bonds. The smallest absolute Gasteiger partial charge is 0.371 e. The van der Waals surface area contributed by atoms with Crippen molar-refractivity contribution < 1.29 is 47.8 Å². The predicted molar refractivity (Wildman–Crippen MR) is 165 cm³/mol. The highest BCUT2D eigenvalue weighted by molar-refractivity contribution is 6.42. The second-order valence-electron chi connectivity index (χ2n) is 11.3. The second-order valence-corrected chi connectivity index (χ2v) is 11.3. The standard InChI is InChI=1S/C31H42N6O10/c1-7-24(38)36-26(18(2)3)29(42)35-21(13-19-11-9-8-10-12-19)28(41)34-22(27(40)33-6)14-25(39)47-37-23(15-32)30(43)44-16-20-17-45-31(4,5)46-20/h8-12,18,20-22,26H,7,13-14,16-17H2,1-6H3,(H,33,40)(H,34,41)(H,35,42)(H,36,38)/b37-23+/t20-,21+,22+,26+/m1/s1. The number of hydrogen-bond donors (Lipinski definition) is 4. The molecule has 1 heterocycles. The van der Waals surface area contributed by atoms with Crippen molar-refractivity contribution >= 4 is 41.3 Å². The van der Waals surface area contributed by atoms with Crippen molar-refractivity contribution in [2.75, 3.05) is 20.3 Å². The highest BCUT2D eigenvalue weighted by atomic mass is 16.7. The van der Waals surface area contributed by atoms with Crippen LogP contribution in [0.25, 0.3) is 0 Å². The highest BCUT2D eigenvalue weighted by Crippen LogP contribution is 2.22. The molecule has 0 saturated carbocycles. The second kappa shape index (κ2) is 18.3. The Balaban J connectivity index is 2.13. The number of oxime groups is 1. The third-order valence-electron chi connectivity index (χ3n) is 6.76. The first-order valence-corrected chi connectivity index (χ1v) is 15.0. The SMILES string of the molecule is CCC(=O)N[C@H](C(=O)N[C@@H](Cc1ccccc1)C(=O)N[C@@H](CC(=O)O/N=C(\C#N)C(=O)OC[C@@H]1COC(C)(C)O1)C(=O)NC)C(C)C. The Labute approximate surface area is 272 Å². The number of rotatable bonds is 16. The molecule has 256 valence electrons. The van der Waals surface area contributed by atoms with E-state index in [-0.39, 0.29) is 37.9 Å². The van der Waals surface area contributed by atoms with Gasteiger partial charge in [0.1, 0.15) is 36.9 Å². The average Bonchev–Trinajstić information content (AvgIpc) is 3.39. The molecule has 0 aromatic heterocycles. The molecule has 0 aliphatic carbocycles. The van der Waals surface area contributed by atoms with Gasteiger partial charge in [0, 0.05) is 19.9 Å². The van der Waals surface area contributed by atoms with Crippen LogP contribution in [-0.4, -0.2) is 91.6 Å². The van der Waals surface area contributed by atoms with Crippen LogP contribution in [0.5, 0.6) is 0 Å². The fourth-order valence-electron chi connectivity index (χ4n) is 4.27. The Morgan fingerprint density at radius 2 is 1.68 bits per heavy atom. The van der Waals surface area contributed by atoms with Gasteiger partial charge in [0.25, 0.3) is 5.71 Å². The molecule has 1 saturated heterocycles. The highest BCUT2D eigenvalue weighted by Gasteiger charge is 2.34. The third kappa shape index (κ3) is 12.8. The molecule has 16 heteroatoms. The Bertz CT molecular complexity index is 1360. The van der Waals surface area contributed by atoms with E-state index < -0.39 is 71.8 Å². The maximum atomic E-state index is 13.5. The molecule has 0 bridgehead atoms. The number of nitrogens with one attached hydrogen (secondary N) is 4. The lowest BCUT2D eigenvalue weighted by Gasteiger charge is -2.26. The van der Waals surface area contributed by atoms with E-state index in [1.54, 1.807) is 65.0 Å². The molecule has 1 aromatic rings. The van der Waals surface area contributed by atoms with Crippen LogP contribution in [0.3, 0.4) is 0 Å². The third-order valence-corrected chi connectivity index (χ3v) is 6.76. The van der Waals surface area contributed by atoms with Crippen LogP contribution in [0.1, 0.15) is 53.0 Å². The van der Waals surface area contributed by atoms with E-state index in [2.05, 4.69) is 31.3 Å². The van der Waals surface area contributed by atoms with E-state index in [0.29, 0.717) is 5.56 Å². The van der Waals surface area contributed by atoms with E-state index in [1.165, 1.54) is 13.1 Å². The minimum Gasteiger partial charge on any atom is -0.457 e. The first kappa shape index (κ1) is 38.3. The number of nitrogens with zero attached hydrogens (tertiary/aromatic N) is 2. The van der Waals surface area contributed by atoms with Gasteiger partial charge in [-0.25, -0.2) is 9.59 Å². The summed E-state index contributed by atoms with van der Waals surface area (Å²) < 4.78 is 15.9. The van der Waals surface area contributed by atoms with Gasteiger partial charge < -0.3 is 40.3 Å². The Hall–Kier alpha value is -4.88. The lowest BCUT2D eigenvalue weighted by Crippen LogP contribution is -2.58. The van der Waals surface area contributed by atoms with Crippen LogP contribution in [0, 0.1) is 17.2 Å². The molecule has 47 heavy (non-hydrogen) atoms. The van der Waals surface area contributed by atoms with Crippen molar-refractivity contribution in [2.24, 2.45) is 11.1 Å². The Morgan fingerprint density at radius 1 is 1.02 bits per heavy atom. The topological polar surface area (TPSA) is 224 Å². The summed E-state index contributed by atoms with van der Waals surface area (Å²) in [5.41, 5.74) is -0.193. The number of esters is 1. The molecule has 0 unspecified atom stereocenters. The molecular formula is C31H42N6O10. The number of benzene rings is 1. The van der Waals surface area contributed by atoms with Gasteiger partial charge in [0.05, 0.1) is 13.0 Å². The van der Waals surface area contributed by atoms with Crippen LogP contribution in [-0.2, 0) is 54.2 Å². The number of nitriles is 1. The van der Waals surface area contributed by atoms with Crippen LogP contribution in [0.4, 0.5) is 0 Å². The number of amides is 4. The predicted octanol–water partition coefficient (Wildman–Crippen LogP) is 0.00308. The maximum Gasteiger partial charge on any atom is 0.371 e. The molecule has 0 radical (unpaired) electrons. The summed E-state index contributed by atoms with van der Waals surface area (Å²) in [6.07, 6.45) is -1.16. The molecule has 1 aliphatic rings. The van der Waals surface area contributed by atoms with Crippen molar-refractivity contribution in [3.05, 3.63) is 35.9 Å². The molecule has 4 atom stereocenters. The normalized spacial score (nSPS) is 17.3. The molecular weight excluding hydrogens is 616 g/mol. The van der Waals surface area contributed by atoms with Crippen LogP contribution < -0.4 is 21.3 Å². The van der Waals surface area contributed by atoms with Gasteiger partial charge in [-0.05, 0) is 25.3 Å². The van der Waals surface area contributed by atoms with Crippen molar-refractivity contribution in [2.45, 2.75) is 83.9 Å². The largest absolute Gasteiger partial charge is 0.457 e. The average molecular weight is 659 g/mol. The summed E-state index contributed by atoms with van der Waals surface area (Å²) in [4.78, 5) is 80.9. The fourth-order valence-corrected chi connectivity index (χ4v) is 4.27. The molecule has 2 rings (SSSR count). The van der Waals surface area contributed by atoms with Gasteiger partial charge >= 0.3 is 11.9 Å². The van der Waals surface area contributed by atoms with Gasteiger partial charge in [-0.15, -0.1) is 0 Å². The molecule has 1 aliphatic heterocycles. The number of ether oxygens (including phenoxy) is 3. The summed E-state index contributed by atoms with van der Waals surface area (Å²) in [7, 11) is 1.28. The van der Waals surface area contributed by atoms with Gasteiger partial charge in [-0.3, -0.25) is 19.2 Å². The summed E-state index contributed by atoms with van der Waals surface area (Å²) in [6, 6.07) is 6.57. The Kier molecular flexibility index (Phi) is 14.9. The monoisotopic (exact) mass is 658 g/mol. The zero-order valence-corrected chi connectivity index (χ0v) is 27.3. The van der Waals surface area contributed by atoms with Gasteiger partial charge in [0.2, 0.25) is 23.6 Å². The number of carbonyl (C=O) groups is 6. The van der Waals surface area contributed by atoms with E-state index >= 15 is 0 Å². The minimum atomic E-state index is -1.49. The quantitative estimate of drug-likeness (QED) is 0.0801. The molecule has 16 nitrogen and oxygen atoms in total. The zero-order valence-electron chi connectivity index (χ0n) is 27.3. The zero-order chi connectivity index (χ0) is 35.1. The fraction of sp³-hybridized carbons (Fsp3) is 0.548. The first-order chi connectivity index (χ1) is 22.2. The van der Waals surface area contributed by atoms with E-state index in [4.69, 9.17) is 14.2 Å². The van der Waals surface area contributed by atoms with Gasteiger partial charge in [-0.2, -0.15) is 5.26 Å². The number of hydrogen-bond acceptors (Lipinski definition) is 12. The summed E-state index contributed by atoms with van der Waals surface area (Å²) in [6.45, 7) is 8.39. The van der Waals surface area contributed by atoms with Crippen molar-refractivity contribution in [1.82, 2.24) is 21.3 Å². The first-order valence-electron chi connectivity index (χ1n) is 15.0. The molecule has 1 aromatic carbocycles. The van der Waals surface area contributed by atoms with Crippen LogP contribution >= 0.6 is 0 Å². The van der Waals surface area contributed by atoms with Gasteiger partial charge in [0.15, 0.2) is 5.79 Å². The van der Waals surface area contributed by atoms with Gasteiger partial charge in [-0.1, -0.05) is 56.3 Å². The van der Waals surface area contributed by atoms with E-state index in [1.807, 2.05) is 0 Å². The van der Waals surface area contributed by atoms with Crippen molar-refractivity contribution in [1.29, 1.82) is 5.26 Å². The molecule has 1 fully saturated rings. The van der Waals surface area contributed by atoms with Crippen molar-refractivity contribution in [3.8, 4) is 6.07 Å². The van der Waals surface area contributed by atoms with Crippen LogP contribution in [0.2, 0.25) is 0 Å². The summed E-state index contributed by atoms with van der Waals surface area (Å²) in [5, 5.41) is 22.6. The lowest BCUT2D eigenvalue weighted by molar-refractivity contribution is -0.154. The number of likely N-dealkylation sites (N-methyl/N-ethyl adjacent to an activating group) is 1. The van der Waals surface area contributed by atoms with E-state index in [0.717, 1.165) is 0 Å². The maximum absolute atomic E-state index is 13.5. The summed E-state index contributed by atoms with van der Waals surface area (Å²) in [5.74, 6) is -6.06. The van der Waals surface area contributed by atoms with E-state index in [9.17, 15) is 34.0 Å². The molecule has 0 spiro atoms. The van der Waals surface area contributed by atoms with Crippen molar-refractivity contribution in [3.63, 3.8) is 0 Å². The number of carbonyl (C=O) groups excluding carboxylic acids is 6.